The Bertz CT molecular complexity index is 593. The molecule has 0 saturated heterocycles. The number of aromatic amines is 1. The zero-order chi connectivity index (χ0) is 12.4. The van der Waals surface area contributed by atoms with Crippen molar-refractivity contribution in [3.63, 3.8) is 0 Å². The second kappa shape index (κ2) is 5.62. The molecule has 2 aromatic rings. The molecule has 6 heteroatoms. The van der Waals surface area contributed by atoms with E-state index in [4.69, 9.17) is 0 Å². The summed E-state index contributed by atoms with van der Waals surface area (Å²) in [5.41, 5.74) is 0.825. The Labute approximate surface area is 125 Å². The topological polar surface area (TPSA) is 45.8 Å². The summed E-state index contributed by atoms with van der Waals surface area (Å²) in [5, 5.41) is 1.97. The number of halogens is 2. The van der Waals surface area contributed by atoms with Crippen molar-refractivity contribution in [2.75, 3.05) is 0 Å². The van der Waals surface area contributed by atoms with Gasteiger partial charge in [0.15, 0.2) is 5.82 Å². The van der Waals surface area contributed by atoms with Gasteiger partial charge >= 0.3 is 0 Å². The number of aromatic nitrogens is 2. The number of rotatable bonds is 3. The van der Waals surface area contributed by atoms with E-state index in [0.29, 0.717) is 9.39 Å². The van der Waals surface area contributed by atoms with Crippen LogP contribution in [0.2, 0.25) is 0 Å². The van der Waals surface area contributed by atoms with Gasteiger partial charge < -0.3 is 4.98 Å². The molecule has 0 atom stereocenters. The number of aryl methyl sites for hydroxylation is 1. The molecule has 0 saturated carbocycles. The van der Waals surface area contributed by atoms with Crippen LogP contribution in [0.15, 0.2) is 20.7 Å². The molecule has 2 rings (SSSR count). The average Bonchev–Trinajstić information content (AvgIpc) is 2.71. The molecular formula is C11H10BrIN2OS. The van der Waals surface area contributed by atoms with Crippen LogP contribution in [0, 0.1) is 3.57 Å². The molecule has 3 nitrogen and oxygen atoms in total. The summed E-state index contributed by atoms with van der Waals surface area (Å²) in [6, 6.07) is 1.96. The van der Waals surface area contributed by atoms with Gasteiger partial charge in [-0.05, 0) is 56.4 Å². The lowest BCUT2D eigenvalue weighted by Gasteiger charge is -2.04. The Balaban J connectivity index is 2.57. The maximum absolute atomic E-state index is 11.8. The first kappa shape index (κ1) is 13.2. The number of H-pyrrole nitrogens is 1. The number of nitrogens with one attached hydrogen (secondary N) is 1. The Morgan fingerprint density at radius 1 is 1.59 bits per heavy atom. The van der Waals surface area contributed by atoms with Crippen LogP contribution in [0.4, 0.5) is 0 Å². The van der Waals surface area contributed by atoms with Crippen molar-refractivity contribution in [1.82, 2.24) is 9.97 Å². The molecule has 1 N–H and O–H groups in total. The first-order valence-electron chi connectivity index (χ1n) is 5.15. The summed E-state index contributed by atoms with van der Waals surface area (Å²) < 4.78 is 1.66. The molecule has 0 aliphatic carbocycles. The van der Waals surface area contributed by atoms with E-state index in [9.17, 15) is 4.79 Å². The molecule has 0 radical (unpaired) electrons. The monoisotopic (exact) mass is 424 g/mol. The second-order valence-corrected chi connectivity index (χ2v) is 6.37. The van der Waals surface area contributed by atoms with Crippen molar-refractivity contribution in [2.45, 2.75) is 19.8 Å². The number of hydrogen-bond donors (Lipinski definition) is 1. The predicted molar refractivity (Wildman–Crippen MR) is 82.6 cm³/mol. The van der Waals surface area contributed by atoms with E-state index in [1.54, 1.807) is 11.3 Å². The van der Waals surface area contributed by atoms with Crippen molar-refractivity contribution >= 4 is 49.9 Å². The van der Waals surface area contributed by atoms with E-state index in [-0.39, 0.29) is 5.56 Å². The molecule has 0 aliphatic heterocycles. The molecule has 0 bridgehead atoms. The summed E-state index contributed by atoms with van der Waals surface area (Å²) in [7, 11) is 0. The summed E-state index contributed by atoms with van der Waals surface area (Å²) in [6.07, 6.45) is 1.82. The highest BCUT2D eigenvalue weighted by Gasteiger charge is 2.12. The zero-order valence-corrected chi connectivity index (χ0v) is 13.6. The quantitative estimate of drug-likeness (QED) is 0.761. The minimum absolute atomic E-state index is 0.0562. The van der Waals surface area contributed by atoms with Crippen molar-refractivity contribution < 1.29 is 0 Å². The number of hydrogen-bond acceptors (Lipinski definition) is 3. The van der Waals surface area contributed by atoms with Gasteiger partial charge in [0, 0.05) is 4.47 Å². The van der Waals surface area contributed by atoms with Crippen LogP contribution in [0.1, 0.15) is 19.0 Å². The molecule has 90 valence electrons. The number of thiophene rings is 1. The van der Waals surface area contributed by atoms with Crippen molar-refractivity contribution in [3.05, 3.63) is 35.5 Å². The van der Waals surface area contributed by atoms with Crippen molar-refractivity contribution in [1.29, 1.82) is 0 Å². The third kappa shape index (κ3) is 2.79. The lowest BCUT2D eigenvalue weighted by Crippen LogP contribution is -2.16. The fourth-order valence-corrected chi connectivity index (χ4v) is 3.51. The molecule has 0 aromatic carbocycles. The van der Waals surface area contributed by atoms with E-state index >= 15 is 0 Å². The largest absolute Gasteiger partial charge is 0.305 e. The van der Waals surface area contributed by atoms with Crippen molar-refractivity contribution in [2.24, 2.45) is 0 Å². The third-order valence-electron chi connectivity index (χ3n) is 2.25. The van der Waals surface area contributed by atoms with Crippen LogP contribution in [-0.2, 0) is 6.42 Å². The molecule has 0 fully saturated rings. The van der Waals surface area contributed by atoms with Gasteiger partial charge in [-0.3, -0.25) is 4.79 Å². The zero-order valence-electron chi connectivity index (χ0n) is 9.09. The van der Waals surface area contributed by atoms with E-state index in [2.05, 4.69) is 55.4 Å². The van der Waals surface area contributed by atoms with Gasteiger partial charge in [-0.1, -0.05) is 13.3 Å². The smallest absolute Gasteiger partial charge is 0.264 e. The molecule has 2 heterocycles. The number of nitrogens with zero attached hydrogens (tertiary/aromatic N) is 1. The van der Waals surface area contributed by atoms with Gasteiger partial charge in [0.2, 0.25) is 0 Å². The molecule has 17 heavy (non-hydrogen) atoms. The lowest BCUT2D eigenvalue weighted by atomic mass is 10.2. The second-order valence-electron chi connectivity index (χ2n) is 3.52. The predicted octanol–water partition coefficient (Wildman–Crippen LogP) is 3.82. The van der Waals surface area contributed by atoms with Gasteiger partial charge in [0.1, 0.15) is 0 Å². The maximum Gasteiger partial charge on any atom is 0.264 e. The minimum Gasteiger partial charge on any atom is -0.305 e. The first-order valence-corrected chi connectivity index (χ1v) is 7.90. The van der Waals surface area contributed by atoms with E-state index < -0.39 is 0 Å². The summed E-state index contributed by atoms with van der Waals surface area (Å²) in [6.45, 7) is 2.08. The SMILES string of the molecule is CCCc1nc(-c2sccc2Br)[nH]c(=O)c1I. The van der Waals surface area contributed by atoms with Crippen LogP contribution in [0.25, 0.3) is 10.7 Å². The Morgan fingerprint density at radius 2 is 2.35 bits per heavy atom. The average molecular weight is 425 g/mol. The maximum atomic E-state index is 11.8. The first-order chi connectivity index (χ1) is 8.13. The Morgan fingerprint density at radius 3 is 2.94 bits per heavy atom. The highest BCUT2D eigenvalue weighted by molar-refractivity contribution is 14.1. The molecule has 0 amide bonds. The highest BCUT2D eigenvalue weighted by Crippen LogP contribution is 2.30. The van der Waals surface area contributed by atoms with Crippen molar-refractivity contribution in [3.8, 4) is 10.7 Å². The Kier molecular flexibility index (Phi) is 4.37. The van der Waals surface area contributed by atoms with E-state index in [0.717, 1.165) is 27.9 Å². The summed E-state index contributed by atoms with van der Waals surface area (Å²) in [5.74, 6) is 0.653. The summed E-state index contributed by atoms with van der Waals surface area (Å²) >= 11 is 7.08. The highest BCUT2D eigenvalue weighted by atomic mass is 127. The minimum atomic E-state index is -0.0562. The Hall–Kier alpha value is -0.210. The van der Waals surface area contributed by atoms with Gasteiger partial charge in [0.05, 0.1) is 14.1 Å². The fraction of sp³-hybridized carbons (Fsp3) is 0.273. The normalized spacial score (nSPS) is 10.8. The summed E-state index contributed by atoms with van der Waals surface area (Å²) in [4.78, 5) is 20.2. The van der Waals surface area contributed by atoms with Gasteiger partial charge in [-0.25, -0.2) is 4.98 Å². The molecular weight excluding hydrogens is 415 g/mol. The van der Waals surface area contributed by atoms with Crippen LogP contribution in [0.5, 0.6) is 0 Å². The fourth-order valence-electron chi connectivity index (χ4n) is 1.48. The lowest BCUT2D eigenvalue weighted by molar-refractivity contribution is 0.861. The van der Waals surface area contributed by atoms with Crippen LogP contribution in [-0.4, -0.2) is 9.97 Å². The van der Waals surface area contributed by atoms with Crippen LogP contribution >= 0.6 is 49.9 Å². The van der Waals surface area contributed by atoms with Crippen LogP contribution < -0.4 is 5.56 Å². The van der Waals surface area contributed by atoms with E-state index in [1.165, 1.54) is 0 Å². The van der Waals surface area contributed by atoms with Gasteiger partial charge in [0.25, 0.3) is 5.56 Å². The van der Waals surface area contributed by atoms with E-state index in [1.807, 2.05) is 11.4 Å². The standard InChI is InChI=1S/C11H10BrIN2OS/c1-2-3-7-8(13)11(16)15-10(14-7)9-6(12)4-5-17-9/h4-5H,2-3H2,1H3,(H,14,15,16). The molecule has 2 aromatic heterocycles. The molecule has 0 unspecified atom stereocenters. The van der Waals surface area contributed by atoms with Gasteiger partial charge in [-0.15, -0.1) is 11.3 Å². The third-order valence-corrected chi connectivity index (χ3v) is 5.21. The molecule has 0 spiro atoms. The van der Waals surface area contributed by atoms with Gasteiger partial charge in [-0.2, -0.15) is 0 Å². The molecule has 0 aliphatic rings. The van der Waals surface area contributed by atoms with Crippen LogP contribution in [0.3, 0.4) is 0 Å².